The van der Waals surface area contributed by atoms with Crippen LogP contribution in [0.4, 0.5) is 5.69 Å². The quantitative estimate of drug-likeness (QED) is 0.0419. The Kier molecular flexibility index (Phi) is 27.2. The molecular weight excluding hydrogens is 1180 g/mol. The predicted molar refractivity (Wildman–Crippen MR) is 330 cm³/mol. The van der Waals surface area contributed by atoms with Crippen LogP contribution in [-0.2, 0) is 33.2 Å². The van der Waals surface area contributed by atoms with Gasteiger partial charge >= 0.3 is 5.97 Å². The number of benzene rings is 3. The molecule has 5 N–H and O–H groups in total. The van der Waals surface area contributed by atoms with Crippen LogP contribution in [0.5, 0.6) is 0 Å². The lowest BCUT2D eigenvalue weighted by molar-refractivity contribution is -0.318. The number of unbranched alkanes of at least 4 members (excludes halogenated alkanes) is 5. The Morgan fingerprint density at radius 1 is 0.747 bits per heavy atom. The number of rotatable bonds is 21. The zero-order valence-corrected chi connectivity index (χ0v) is 56.0. The molecule has 3 aromatic carbocycles. The van der Waals surface area contributed by atoms with E-state index in [1.54, 1.807) is 34.6 Å². The first kappa shape index (κ1) is 71.4. The second-order valence-electron chi connectivity index (χ2n) is 25.9. The average molecular weight is 1290 g/mol. The van der Waals surface area contributed by atoms with E-state index in [2.05, 4.69) is 116 Å². The number of ether oxygens (including phenoxy) is 6. The molecule has 0 spiro atoms. The Labute approximate surface area is 516 Å². The summed E-state index contributed by atoms with van der Waals surface area (Å²) < 4.78 is 38.9. The van der Waals surface area contributed by atoms with Gasteiger partial charge in [0.15, 0.2) is 12.6 Å². The number of nitrogens with zero attached hydrogens (tertiary/aromatic N) is 3. The minimum Gasteiger partial charge on any atom is -1.00 e. The first-order valence-corrected chi connectivity index (χ1v) is 32.7. The third kappa shape index (κ3) is 17.1. The van der Waals surface area contributed by atoms with E-state index in [0.29, 0.717) is 25.9 Å². The standard InChI is InChI=1S/C66H107N3O12P.HI/c1-16-55-64(8,43-70)59(72)48(6)69(37-27-19-17-18-20-28-38-82(51-29-23-21-24-30-51,52-31-25-22-26-32-52)53-35-33-50(34-36-53)67(11)12)42-44(2)40-65(9,75)61(81-63-57(71)54(68(13)14)39-45(3)77-63)46(4)58(47(5)62(74)79-55)80-56-41-66(10,76-15)60(73)49(7)78-56;/h21-26,29-36,44-49,54-61,63,70-73,75H,16-20,27-28,37-43H2,1-15H3;1H/q+1;/p-1/t44-,45-,46+,47-,48-,49+,54+,55-,56+,57-,58+,59-,60+,61-,63+,64-,65-,66-;/m1./s1. The van der Waals surface area contributed by atoms with Crippen LogP contribution in [0.25, 0.3) is 0 Å². The lowest BCUT2D eigenvalue weighted by Crippen LogP contribution is -3.00. The fraction of sp³-hybridized carbons (Fsp3) is 0.712. The van der Waals surface area contributed by atoms with Crippen molar-refractivity contribution in [1.82, 2.24) is 9.80 Å². The normalized spacial score (nSPS) is 35.4. The number of hydrogen-bond donors (Lipinski definition) is 5. The van der Waals surface area contributed by atoms with Gasteiger partial charge in [0, 0.05) is 57.9 Å². The van der Waals surface area contributed by atoms with Gasteiger partial charge in [-0.2, -0.15) is 0 Å². The largest absolute Gasteiger partial charge is 1.00 e. The number of aliphatic hydroxyl groups excluding tert-OH is 4. The average Bonchev–Trinajstić information content (AvgIpc) is 2.62. The molecule has 3 aliphatic rings. The number of likely N-dealkylation sites (N-methyl/N-ethyl adjacent to an activating group) is 1. The Hall–Kier alpha value is -2.39. The third-order valence-corrected chi connectivity index (χ3v) is 23.5. The van der Waals surface area contributed by atoms with Crippen LogP contribution in [0.2, 0.25) is 0 Å². The summed E-state index contributed by atoms with van der Waals surface area (Å²) in [6.07, 6.45) is -0.710. The molecule has 0 aliphatic carbocycles. The molecule has 3 saturated heterocycles. The maximum absolute atomic E-state index is 14.9. The monoisotopic (exact) mass is 1290 g/mol. The highest BCUT2D eigenvalue weighted by Crippen LogP contribution is 2.56. The topological polar surface area (TPSA) is 183 Å². The highest BCUT2D eigenvalue weighted by Gasteiger charge is 2.53. The fourth-order valence-electron chi connectivity index (χ4n) is 13.8. The molecule has 0 saturated carbocycles. The maximum Gasteiger partial charge on any atom is 0.311 e. The van der Waals surface area contributed by atoms with Crippen LogP contribution in [0, 0.1) is 23.2 Å². The molecule has 83 heavy (non-hydrogen) atoms. The van der Waals surface area contributed by atoms with Gasteiger partial charge in [0.25, 0.3) is 0 Å². The molecule has 6 rings (SSSR count). The van der Waals surface area contributed by atoms with E-state index < -0.39 is 110 Å². The summed E-state index contributed by atoms with van der Waals surface area (Å²) in [4.78, 5) is 21.3. The van der Waals surface area contributed by atoms with E-state index in [0.717, 1.165) is 44.7 Å². The summed E-state index contributed by atoms with van der Waals surface area (Å²) in [5, 5.41) is 64.3. The van der Waals surface area contributed by atoms with Crippen molar-refractivity contribution in [3.8, 4) is 0 Å². The smallest absolute Gasteiger partial charge is 0.311 e. The molecule has 0 amide bonds. The van der Waals surface area contributed by atoms with Crippen molar-refractivity contribution >= 4 is 34.8 Å². The number of hydrogen-bond acceptors (Lipinski definition) is 15. The predicted octanol–water partition coefficient (Wildman–Crippen LogP) is 4.92. The number of carbonyl (C=O) groups excluding carboxylic acids is 1. The highest BCUT2D eigenvalue weighted by molar-refractivity contribution is 7.95. The van der Waals surface area contributed by atoms with Crippen molar-refractivity contribution in [3.05, 3.63) is 84.9 Å². The lowest BCUT2D eigenvalue weighted by atomic mass is 9.75. The van der Waals surface area contributed by atoms with Crippen LogP contribution < -0.4 is 44.8 Å². The summed E-state index contributed by atoms with van der Waals surface area (Å²) in [6.45, 7) is 19.3. The molecule has 470 valence electrons. The van der Waals surface area contributed by atoms with Gasteiger partial charge in [0.05, 0.1) is 65.8 Å². The number of anilines is 1. The first-order chi connectivity index (χ1) is 38.8. The van der Waals surface area contributed by atoms with Crippen LogP contribution in [0.1, 0.15) is 133 Å². The minimum atomic E-state index is -1.98. The van der Waals surface area contributed by atoms with E-state index in [9.17, 15) is 30.3 Å². The number of carbonyl (C=O) groups is 1. The summed E-state index contributed by atoms with van der Waals surface area (Å²) in [6, 6.07) is 30.6. The summed E-state index contributed by atoms with van der Waals surface area (Å²) in [7, 11) is 7.54. The van der Waals surface area contributed by atoms with Gasteiger partial charge < -0.3 is 87.7 Å². The third-order valence-electron chi connectivity index (χ3n) is 18.9. The van der Waals surface area contributed by atoms with Crippen molar-refractivity contribution in [2.45, 2.75) is 218 Å². The Morgan fingerprint density at radius 2 is 1.31 bits per heavy atom. The molecule has 17 heteroatoms. The molecular formula is C66H107IN3O12P. The van der Waals surface area contributed by atoms with E-state index in [4.69, 9.17) is 28.4 Å². The molecule has 15 nitrogen and oxygen atoms in total. The van der Waals surface area contributed by atoms with Crippen molar-refractivity contribution in [2.75, 3.05) is 66.1 Å². The van der Waals surface area contributed by atoms with E-state index >= 15 is 0 Å². The number of halogens is 1. The number of esters is 1. The van der Waals surface area contributed by atoms with Crippen LogP contribution >= 0.6 is 7.26 Å². The minimum absolute atomic E-state index is 0. The summed E-state index contributed by atoms with van der Waals surface area (Å²) >= 11 is 0. The van der Waals surface area contributed by atoms with Crippen molar-refractivity contribution in [1.29, 1.82) is 0 Å². The molecule has 18 atom stereocenters. The zero-order chi connectivity index (χ0) is 60.3. The molecule has 3 heterocycles. The molecule has 0 aromatic heterocycles. The number of methoxy groups -OCH3 is 1. The molecule has 3 aromatic rings. The van der Waals surface area contributed by atoms with Gasteiger partial charge in [-0.15, -0.1) is 0 Å². The number of cyclic esters (lactones) is 1. The van der Waals surface area contributed by atoms with Gasteiger partial charge in [-0.05, 0) is 155 Å². The number of aliphatic hydroxyl groups is 5. The molecule has 0 unspecified atom stereocenters. The van der Waals surface area contributed by atoms with Crippen molar-refractivity contribution in [3.63, 3.8) is 0 Å². The van der Waals surface area contributed by atoms with E-state index in [1.807, 2.05) is 46.7 Å². The Morgan fingerprint density at radius 3 is 1.86 bits per heavy atom. The van der Waals surface area contributed by atoms with E-state index in [1.165, 1.54) is 28.7 Å². The van der Waals surface area contributed by atoms with Gasteiger partial charge in [-0.1, -0.05) is 83.4 Å². The molecule has 3 aliphatic heterocycles. The lowest BCUT2D eigenvalue weighted by Gasteiger charge is -2.48. The van der Waals surface area contributed by atoms with Crippen LogP contribution in [-0.4, -0.2) is 187 Å². The highest BCUT2D eigenvalue weighted by atomic mass is 127. The van der Waals surface area contributed by atoms with Crippen LogP contribution in [0.15, 0.2) is 84.9 Å². The summed E-state index contributed by atoms with van der Waals surface area (Å²) in [5.41, 5.74) is -2.72. The SMILES string of the molecule is CC[C@H]1OC(=O)[C@H](C)[C@@H](O[C@H]2C[C@@](C)(OC)[C@@H](O)[C@H](C)O2)[C@H](C)[C@@H](O[C@@H]2O[C@H](C)C[C@H](N(C)C)[C@H]2O)[C@](C)(O)C[C@@H](C)CN(CCCCCCCC[P+](c2ccccc2)(c2ccccc2)c2ccc(N(C)C)cc2)[C@H](C)[C@@H](O)[C@]1(C)CO.[I-]. The molecule has 0 bridgehead atoms. The van der Waals surface area contributed by atoms with Crippen molar-refractivity contribution in [2.24, 2.45) is 23.2 Å². The summed E-state index contributed by atoms with van der Waals surface area (Å²) in [5.74, 6) is -2.57. The van der Waals surface area contributed by atoms with Gasteiger partial charge in [-0.3, -0.25) is 9.69 Å². The molecule has 3 fully saturated rings. The first-order valence-electron chi connectivity index (χ1n) is 30.7. The van der Waals surface area contributed by atoms with E-state index in [-0.39, 0.29) is 54.9 Å². The molecule has 0 radical (unpaired) electrons. The fourth-order valence-corrected chi connectivity index (χ4v) is 18.2. The van der Waals surface area contributed by atoms with Gasteiger partial charge in [0.2, 0.25) is 0 Å². The second-order valence-corrected chi connectivity index (χ2v) is 29.5. The van der Waals surface area contributed by atoms with Crippen LogP contribution in [0.3, 0.4) is 0 Å². The van der Waals surface area contributed by atoms with Crippen molar-refractivity contribution < 1.29 is 82.7 Å². The maximum atomic E-state index is 14.9. The van der Waals surface area contributed by atoms with Gasteiger partial charge in [-0.25, -0.2) is 0 Å². The van der Waals surface area contributed by atoms with Gasteiger partial charge in [0.1, 0.15) is 41.5 Å². The Balaban J connectivity index is 0.0000126. The Bertz CT molecular complexity index is 2340. The zero-order valence-electron chi connectivity index (χ0n) is 52.9. The second kappa shape index (κ2) is 31.7.